The van der Waals surface area contributed by atoms with E-state index in [2.05, 4.69) is 17.6 Å². The first-order valence-corrected chi connectivity index (χ1v) is 9.91. The van der Waals surface area contributed by atoms with Crippen LogP contribution in [-0.2, 0) is 9.59 Å². The third-order valence-electron chi connectivity index (χ3n) is 2.93. The molecule has 0 rings (SSSR count). The minimum atomic E-state index is -1.30. The van der Waals surface area contributed by atoms with Crippen molar-refractivity contribution in [3.8, 4) is 0 Å². The van der Waals surface area contributed by atoms with Crippen molar-refractivity contribution >= 4 is 33.4 Å². The lowest BCUT2D eigenvalue weighted by Crippen LogP contribution is -2.46. The second-order valence-electron chi connectivity index (χ2n) is 5.58. The van der Waals surface area contributed by atoms with E-state index in [-0.39, 0.29) is 25.5 Å². The van der Waals surface area contributed by atoms with Crippen LogP contribution >= 0.6 is 21.6 Å². The van der Waals surface area contributed by atoms with Crippen molar-refractivity contribution in [1.82, 2.24) is 10.6 Å². The molecule has 1 atom stereocenters. The zero-order valence-electron chi connectivity index (χ0n) is 13.6. The van der Waals surface area contributed by atoms with E-state index in [1.54, 1.807) is 35.4 Å². The molecule has 0 aromatic rings. The molecule has 22 heavy (non-hydrogen) atoms. The van der Waals surface area contributed by atoms with Crippen LogP contribution in [0.3, 0.4) is 0 Å². The van der Waals surface area contributed by atoms with Crippen LogP contribution in [0.15, 0.2) is 0 Å². The topological polar surface area (TPSA) is 98.7 Å². The molecular formula is C14H28N2O4S2. The average Bonchev–Trinajstić information content (AvgIpc) is 2.49. The Morgan fingerprint density at radius 3 is 2.36 bits per heavy atom. The molecule has 0 aliphatic heterocycles. The normalized spacial score (nSPS) is 12.8. The molecule has 0 saturated carbocycles. The Hall–Kier alpha value is -0.440. The fourth-order valence-corrected chi connectivity index (χ4v) is 3.40. The predicted octanol–water partition coefficient (Wildman–Crippen LogP) is 0.780. The van der Waals surface area contributed by atoms with Crippen LogP contribution in [0.5, 0.6) is 0 Å². The molecule has 0 fully saturated rings. The van der Waals surface area contributed by atoms with Crippen molar-refractivity contribution in [3.05, 3.63) is 0 Å². The van der Waals surface area contributed by atoms with E-state index >= 15 is 0 Å². The van der Waals surface area contributed by atoms with Crippen LogP contribution in [-0.4, -0.2) is 59.3 Å². The molecule has 0 aliphatic carbocycles. The molecule has 0 saturated heterocycles. The number of rotatable bonds is 12. The summed E-state index contributed by atoms with van der Waals surface area (Å²) in [5, 5.41) is 24.1. The van der Waals surface area contributed by atoms with Gasteiger partial charge in [0.2, 0.25) is 11.8 Å². The Kier molecular flexibility index (Phi) is 11.8. The van der Waals surface area contributed by atoms with Crippen LogP contribution in [0.4, 0.5) is 0 Å². The summed E-state index contributed by atoms with van der Waals surface area (Å²) in [6.07, 6.45) is 0.0144. The minimum absolute atomic E-state index is 0.128. The maximum Gasteiger partial charge on any atom is 0.249 e. The third-order valence-corrected chi connectivity index (χ3v) is 5.54. The van der Waals surface area contributed by atoms with E-state index in [0.717, 1.165) is 17.9 Å². The van der Waals surface area contributed by atoms with Gasteiger partial charge in [-0.05, 0) is 6.42 Å². The number of aliphatic hydroxyl groups is 2. The molecule has 0 aromatic carbocycles. The monoisotopic (exact) mass is 352 g/mol. The third kappa shape index (κ3) is 9.55. The van der Waals surface area contributed by atoms with E-state index in [1.165, 1.54) is 0 Å². The van der Waals surface area contributed by atoms with Crippen molar-refractivity contribution in [2.24, 2.45) is 5.41 Å². The van der Waals surface area contributed by atoms with Gasteiger partial charge in [-0.25, -0.2) is 0 Å². The number of carbonyl (C=O) groups excluding carboxylic acids is 2. The van der Waals surface area contributed by atoms with Crippen molar-refractivity contribution in [1.29, 1.82) is 0 Å². The average molecular weight is 353 g/mol. The second-order valence-corrected chi connectivity index (χ2v) is 8.29. The van der Waals surface area contributed by atoms with Crippen molar-refractivity contribution in [2.45, 2.75) is 39.7 Å². The Morgan fingerprint density at radius 2 is 1.77 bits per heavy atom. The SMILES string of the molecule is CCCSSCCNC(=O)CCNC(=O)[C@H](O)C(C)(C)CO. The van der Waals surface area contributed by atoms with Gasteiger partial charge in [-0.1, -0.05) is 42.4 Å². The maximum absolute atomic E-state index is 11.7. The summed E-state index contributed by atoms with van der Waals surface area (Å²) >= 11 is 0. The van der Waals surface area contributed by atoms with E-state index in [4.69, 9.17) is 5.11 Å². The summed E-state index contributed by atoms with van der Waals surface area (Å²) in [7, 11) is 3.53. The highest BCUT2D eigenvalue weighted by molar-refractivity contribution is 8.76. The molecule has 2 amide bonds. The summed E-state index contributed by atoms with van der Waals surface area (Å²) < 4.78 is 0. The smallest absolute Gasteiger partial charge is 0.249 e. The molecule has 0 heterocycles. The quantitative estimate of drug-likeness (QED) is 0.306. The van der Waals surface area contributed by atoms with Crippen molar-refractivity contribution < 1.29 is 19.8 Å². The fourth-order valence-electron chi connectivity index (χ4n) is 1.36. The summed E-state index contributed by atoms with van der Waals surface area (Å²) in [5.74, 6) is 1.26. The number of amides is 2. The molecule has 4 N–H and O–H groups in total. The number of nitrogens with one attached hydrogen (secondary N) is 2. The molecule has 0 aliphatic rings. The fraction of sp³-hybridized carbons (Fsp3) is 0.857. The molecule has 0 bridgehead atoms. The van der Waals surface area contributed by atoms with E-state index in [9.17, 15) is 14.7 Å². The summed E-state index contributed by atoms with van der Waals surface area (Å²) in [4.78, 5) is 23.2. The molecule has 0 aromatic heterocycles. The summed E-state index contributed by atoms with van der Waals surface area (Å²) in [6, 6.07) is 0. The van der Waals surface area contributed by atoms with Gasteiger partial charge in [-0.2, -0.15) is 0 Å². The minimum Gasteiger partial charge on any atom is -0.396 e. The van der Waals surface area contributed by atoms with Crippen molar-refractivity contribution in [3.63, 3.8) is 0 Å². The number of carbonyl (C=O) groups is 2. The lowest BCUT2D eigenvalue weighted by Gasteiger charge is -2.27. The van der Waals surface area contributed by atoms with Gasteiger partial charge >= 0.3 is 0 Å². The molecule has 6 nitrogen and oxygen atoms in total. The van der Waals surface area contributed by atoms with Crippen LogP contribution in [0.25, 0.3) is 0 Å². The highest BCUT2D eigenvalue weighted by Gasteiger charge is 2.32. The van der Waals surface area contributed by atoms with E-state index in [0.29, 0.717) is 6.54 Å². The molecule has 0 spiro atoms. The van der Waals surface area contributed by atoms with Gasteiger partial charge in [-0.15, -0.1) is 0 Å². The molecule has 0 radical (unpaired) electrons. The Balaban J connectivity index is 3.73. The van der Waals surface area contributed by atoms with Crippen LogP contribution in [0.2, 0.25) is 0 Å². The maximum atomic E-state index is 11.7. The Bertz CT molecular complexity index is 341. The Morgan fingerprint density at radius 1 is 1.14 bits per heavy atom. The van der Waals surface area contributed by atoms with Crippen molar-refractivity contribution in [2.75, 3.05) is 31.2 Å². The number of hydrogen-bond donors (Lipinski definition) is 4. The zero-order valence-corrected chi connectivity index (χ0v) is 15.2. The molecule has 130 valence electrons. The Labute approximate surface area is 140 Å². The summed E-state index contributed by atoms with van der Waals surface area (Å²) in [5.41, 5.74) is -0.903. The lowest BCUT2D eigenvalue weighted by molar-refractivity contribution is -0.137. The van der Waals surface area contributed by atoms with Crippen LogP contribution < -0.4 is 10.6 Å². The highest BCUT2D eigenvalue weighted by Crippen LogP contribution is 2.20. The second kappa shape index (κ2) is 12.0. The molecule has 0 unspecified atom stereocenters. The number of hydrogen-bond acceptors (Lipinski definition) is 6. The van der Waals surface area contributed by atoms with Gasteiger partial charge in [-0.3, -0.25) is 9.59 Å². The largest absolute Gasteiger partial charge is 0.396 e. The van der Waals surface area contributed by atoms with Crippen LogP contribution in [0, 0.1) is 5.41 Å². The first-order chi connectivity index (χ1) is 10.3. The first-order valence-electron chi connectivity index (χ1n) is 7.43. The zero-order chi connectivity index (χ0) is 17.0. The van der Waals surface area contributed by atoms with Gasteiger partial charge in [0, 0.05) is 36.4 Å². The lowest BCUT2D eigenvalue weighted by atomic mass is 9.87. The first kappa shape index (κ1) is 21.6. The standard InChI is InChI=1S/C14H28N2O4S2/c1-4-8-21-22-9-7-15-11(18)5-6-16-13(20)12(19)14(2,3)10-17/h12,17,19H,4-10H2,1-3H3,(H,15,18)(H,16,20)/t12-/m0/s1. The summed E-state index contributed by atoms with van der Waals surface area (Å²) in [6.45, 7) is 5.80. The van der Waals surface area contributed by atoms with Crippen LogP contribution in [0.1, 0.15) is 33.6 Å². The number of aliphatic hydroxyl groups excluding tert-OH is 2. The molecule has 8 heteroatoms. The van der Waals surface area contributed by atoms with Gasteiger partial charge in [0.1, 0.15) is 6.10 Å². The van der Waals surface area contributed by atoms with Gasteiger partial charge in [0.15, 0.2) is 0 Å². The van der Waals surface area contributed by atoms with Gasteiger partial charge in [0.25, 0.3) is 0 Å². The van der Waals surface area contributed by atoms with Gasteiger partial charge in [0.05, 0.1) is 6.61 Å². The van der Waals surface area contributed by atoms with Gasteiger partial charge < -0.3 is 20.8 Å². The van der Waals surface area contributed by atoms with E-state index < -0.39 is 17.4 Å². The molecular weight excluding hydrogens is 324 g/mol. The highest BCUT2D eigenvalue weighted by atomic mass is 33.1. The predicted molar refractivity (Wildman–Crippen MR) is 92.7 cm³/mol. The van der Waals surface area contributed by atoms with E-state index in [1.807, 2.05) is 0 Å².